The van der Waals surface area contributed by atoms with Crippen LogP contribution in [-0.4, -0.2) is 54.8 Å². The third kappa shape index (κ3) is 4.23. The second kappa shape index (κ2) is 9.01. The number of rotatable bonds is 5. The summed E-state index contributed by atoms with van der Waals surface area (Å²) in [6, 6.07) is 8.65. The molecule has 1 aliphatic carbocycles. The normalized spacial score (nSPS) is 20.7. The first-order valence-corrected chi connectivity index (χ1v) is 12.6. The van der Waals surface area contributed by atoms with Gasteiger partial charge >= 0.3 is 0 Å². The van der Waals surface area contributed by atoms with Gasteiger partial charge in [-0.2, -0.15) is 0 Å². The van der Waals surface area contributed by atoms with Gasteiger partial charge in [-0.05, 0) is 48.2 Å². The number of benzene rings is 1. The van der Waals surface area contributed by atoms with Gasteiger partial charge in [0.05, 0.1) is 27.0 Å². The summed E-state index contributed by atoms with van der Waals surface area (Å²) in [5.41, 5.74) is 1.06. The van der Waals surface area contributed by atoms with Gasteiger partial charge in [-0.1, -0.05) is 43.2 Å². The molecule has 1 atom stereocenters. The van der Waals surface area contributed by atoms with Gasteiger partial charge in [0.25, 0.3) is 0 Å². The minimum absolute atomic E-state index is 0.170. The van der Waals surface area contributed by atoms with Crippen LogP contribution in [0.25, 0.3) is 10.2 Å². The van der Waals surface area contributed by atoms with Crippen LogP contribution in [0.3, 0.4) is 0 Å². The van der Waals surface area contributed by atoms with E-state index in [0.29, 0.717) is 17.7 Å². The van der Waals surface area contributed by atoms with Gasteiger partial charge in [0.2, 0.25) is 11.1 Å². The fourth-order valence-electron chi connectivity index (χ4n) is 4.52. The van der Waals surface area contributed by atoms with Crippen LogP contribution in [-0.2, 0) is 4.79 Å². The van der Waals surface area contributed by atoms with E-state index < -0.39 is 0 Å². The van der Waals surface area contributed by atoms with E-state index in [9.17, 15) is 4.79 Å². The molecule has 0 bridgehead atoms. The van der Waals surface area contributed by atoms with Crippen molar-refractivity contribution in [3.05, 3.63) is 29.3 Å². The van der Waals surface area contributed by atoms with Crippen LogP contribution in [0, 0.1) is 0 Å². The molecule has 0 unspecified atom stereocenters. The Morgan fingerprint density at radius 3 is 2.87 bits per heavy atom. The molecular formula is C21H26N6OS2. The Hall–Kier alpha value is -2.00. The minimum atomic E-state index is 0.170. The minimum Gasteiger partial charge on any atom is -0.341 e. The number of carbonyl (C=O) groups excluding carboxylic acids is 1. The number of aromatic nitrogens is 5. The lowest BCUT2D eigenvalue weighted by molar-refractivity contribution is -0.129. The van der Waals surface area contributed by atoms with E-state index in [-0.39, 0.29) is 5.91 Å². The van der Waals surface area contributed by atoms with Crippen molar-refractivity contribution in [3.63, 3.8) is 0 Å². The molecule has 158 valence electrons. The zero-order valence-corrected chi connectivity index (χ0v) is 18.6. The molecule has 1 aromatic carbocycles. The Bertz CT molecular complexity index is 979. The van der Waals surface area contributed by atoms with Gasteiger partial charge in [0.1, 0.15) is 0 Å². The lowest BCUT2D eigenvalue weighted by atomic mass is 9.96. The maximum atomic E-state index is 12.9. The van der Waals surface area contributed by atoms with Crippen LogP contribution >= 0.6 is 23.1 Å². The Labute approximate surface area is 184 Å². The van der Waals surface area contributed by atoms with Crippen LogP contribution in [0.15, 0.2) is 29.4 Å². The summed E-state index contributed by atoms with van der Waals surface area (Å²) in [7, 11) is 0. The summed E-state index contributed by atoms with van der Waals surface area (Å²) < 4.78 is 3.16. The number of thiazole rings is 1. The predicted octanol–water partition coefficient (Wildman–Crippen LogP) is 4.29. The highest BCUT2D eigenvalue weighted by Crippen LogP contribution is 2.34. The molecular weight excluding hydrogens is 416 g/mol. The second-order valence-electron chi connectivity index (χ2n) is 8.19. The van der Waals surface area contributed by atoms with Gasteiger partial charge in [-0.15, -0.1) is 16.4 Å². The van der Waals surface area contributed by atoms with Crippen LogP contribution in [0.4, 0.5) is 0 Å². The molecule has 2 aromatic heterocycles. The van der Waals surface area contributed by atoms with Crippen molar-refractivity contribution in [1.82, 2.24) is 30.1 Å². The van der Waals surface area contributed by atoms with E-state index in [4.69, 9.17) is 4.98 Å². The van der Waals surface area contributed by atoms with Crippen molar-refractivity contribution in [2.75, 3.05) is 18.8 Å². The van der Waals surface area contributed by atoms with Crippen LogP contribution in [0.1, 0.15) is 61.9 Å². The Balaban J connectivity index is 1.21. The first kappa shape index (κ1) is 19.9. The Morgan fingerprint density at radius 2 is 2.00 bits per heavy atom. The summed E-state index contributed by atoms with van der Waals surface area (Å²) in [6.45, 7) is 1.58. The molecule has 1 aliphatic heterocycles. The van der Waals surface area contributed by atoms with E-state index in [0.717, 1.165) is 54.5 Å². The smallest absolute Gasteiger partial charge is 0.233 e. The Morgan fingerprint density at radius 1 is 1.13 bits per heavy atom. The van der Waals surface area contributed by atoms with Gasteiger partial charge < -0.3 is 4.90 Å². The average molecular weight is 443 g/mol. The zero-order chi connectivity index (χ0) is 20.3. The van der Waals surface area contributed by atoms with Crippen LogP contribution in [0.5, 0.6) is 0 Å². The van der Waals surface area contributed by atoms with E-state index >= 15 is 0 Å². The zero-order valence-electron chi connectivity index (χ0n) is 16.9. The molecule has 30 heavy (non-hydrogen) atoms. The summed E-state index contributed by atoms with van der Waals surface area (Å²) in [4.78, 5) is 19.8. The third-order valence-electron chi connectivity index (χ3n) is 6.14. The van der Waals surface area contributed by atoms with Crippen molar-refractivity contribution in [1.29, 1.82) is 0 Å². The van der Waals surface area contributed by atoms with Crippen molar-refractivity contribution in [2.45, 2.75) is 62.1 Å². The molecule has 9 heteroatoms. The standard InChI is InChI=1S/C21H26N6OS2/c28-19(14-29-21-23-24-25-27(21)16-8-2-1-3-9-16)26-12-6-7-15(13-26)20-22-17-10-4-5-11-18(17)30-20/h4-5,10-11,15-16H,1-3,6-9,12-14H2/t15-/m0/s1. The van der Waals surface area contributed by atoms with Crippen LogP contribution < -0.4 is 0 Å². The number of hydrogen-bond donors (Lipinski definition) is 0. The predicted molar refractivity (Wildman–Crippen MR) is 119 cm³/mol. The number of fused-ring (bicyclic) bond motifs is 1. The number of likely N-dealkylation sites (tertiary alicyclic amines) is 1. The molecule has 0 N–H and O–H groups in total. The molecule has 5 rings (SSSR count). The number of piperidine rings is 1. The quantitative estimate of drug-likeness (QED) is 0.549. The molecule has 1 saturated carbocycles. The summed E-state index contributed by atoms with van der Waals surface area (Å²) in [5.74, 6) is 0.890. The topological polar surface area (TPSA) is 76.8 Å². The molecule has 3 heterocycles. The molecule has 1 amide bonds. The fourth-order valence-corrected chi connectivity index (χ4v) is 6.46. The maximum Gasteiger partial charge on any atom is 0.233 e. The molecule has 2 fully saturated rings. The average Bonchev–Trinajstić information content (AvgIpc) is 3.45. The largest absolute Gasteiger partial charge is 0.341 e. The molecule has 7 nitrogen and oxygen atoms in total. The fraction of sp³-hybridized carbons (Fsp3) is 0.571. The number of carbonyl (C=O) groups is 1. The molecule has 2 aliphatic rings. The summed E-state index contributed by atoms with van der Waals surface area (Å²) in [6.07, 6.45) is 8.13. The molecule has 3 aromatic rings. The lowest BCUT2D eigenvalue weighted by Crippen LogP contribution is -2.40. The third-order valence-corrected chi connectivity index (χ3v) is 8.26. The number of nitrogens with zero attached hydrogens (tertiary/aromatic N) is 6. The van der Waals surface area contributed by atoms with E-state index in [2.05, 4.69) is 33.7 Å². The number of hydrogen-bond acceptors (Lipinski definition) is 7. The van der Waals surface area contributed by atoms with Gasteiger partial charge in [0.15, 0.2) is 0 Å². The SMILES string of the molecule is O=C(CSc1nnnn1C1CCCCC1)N1CCC[C@H](c2nc3ccccc3s2)C1. The highest BCUT2D eigenvalue weighted by molar-refractivity contribution is 7.99. The van der Waals surface area contributed by atoms with E-state index in [1.54, 1.807) is 11.3 Å². The van der Waals surface area contributed by atoms with Gasteiger partial charge in [-0.3, -0.25) is 4.79 Å². The maximum absolute atomic E-state index is 12.9. The van der Waals surface area contributed by atoms with Gasteiger partial charge in [0, 0.05) is 19.0 Å². The monoisotopic (exact) mass is 442 g/mol. The highest BCUT2D eigenvalue weighted by Gasteiger charge is 2.28. The number of thioether (sulfide) groups is 1. The van der Waals surface area contributed by atoms with Crippen molar-refractivity contribution >= 4 is 39.2 Å². The molecule has 1 saturated heterocycles. The van der Waals surface area contributed by atoms with Crippen molar-refractivity contribution in [3.8, 4) is 0 Å². The number of para-hydroxylation sites is 1. The molecule has 0 radical (unpaired) electrons. The van der Waals surface area contributed by atoms with Crippen LogP contribution in [0.2, 0.25) is 0 Å². The first-order valence-electron chi connectivity index (χ1n) is 10.8. The Kier molecular flexibility index (Phi) is 5.99. The highest BCUT2D eigenvalue weighted by atomic mass is 32.2. The first-order chi connectivity index (χ1) is 14.8. The van der Waals surface area contributed by atoms with Crippen molar-refractivity contribution < 1.29 is 4.79 Å². The lowest BCUT2D eigenvalue weighted by Gasteiger charge is -2.31. The molecule has 0 spiro atoms. The van der Waals surface area contributed by atoms with Gasteiger partial charge in [-0.25, -0.2) is 9.67 Å². The number of tetrazole rings is 1. The number of amides is 1. The van der Waals surface area contributed by atoms with E-state index in [1.807, 2.05) is 15.6 Å². The van der Waals surface area contributed by atoms with E-state index in [1.165, 1.54) is 35.7 Å². The summed E-state index contributed by atoms with van der Waals surface area (Å²) >= 11 is 3.24. The second-order valence-corrected chi connectivity index (χ2v) is 10.2. The van der Waals surface area contributed by atoms with Crippen molar-refractivity contribution in [2.24, 2.45) is 0 Å². The summed E-state index contributed by atoms with van der Waals surface area (Å²) in [5, 5.41) is 14.2.